The molecule has 2 aromatic heterocycles. The number of piperidine rings is 1. The molecule has 0 aliphatic carbocycles. The fourth-order valence-electron chi connectivity index (χ4n) is 4.30. The number of benzene rings is 2. The standard InChI is InChI=1S/C27H26F3N5O3/c1-35-24-6-5-21(16-23(24)34-26(35)33-18-4-2-3-17(13-18)27(28,29)30)37-22-9-12-32-19(14-22)15-25(36)38-20-7-10-31-11-8-20/h2-6,9,12-14,16,20,31H,7-8,10-11,15H2,1H3,(H,33,34). The van der Waals surface area contributed by atoms with Crippen LogP contribution < -0.4 is 15.4 Å². The van der Waals surface area contributed by atoms with Gasteiger partial charge in [-0.15, -0.1) is 0 Å². The Labute approximate surface area is 216 Å². The number of hydrogen-bond donors (Lipinski definition) is 2. The van der Waals surface area contributed by atoms with Crippen molar-refractivity contribution in [1.29, 1.82) is 0 Å². The van der Waals surface area contributed by atoms with Crippen LogP contribution >= 0.6 is 0 Å². The molecule has 0 radical (unpaired) electrons. The van der Waals surface area contributed by atoms with Gasteiger partial charge in [0.15, 0.2) is 0 Å². The third-order valence-corrected chi connectivity index (χ3v) is 6.23. The first kappa shape index (κ1) is 25.5. The number of imidazole rings is 1. The van der Waals surface area contributed by atoms with Gasteiger partial charge in [0.1, 0.15) is 17.6 Å². The van der Waals surface area contributed by atoms with E-state index in [0.717, 1.165) is 43.6 Å². The lowest BCUT2D eigenvalue weighted by atomic mass is 10.1. The molecule has 1 aliphatic rings. The minimum Gasteiger partial charge on any atom is -0.462 e. The molecule has 5 rings (SSSR count). The van der Waals surface area contributed by atoms with Gasteiger partial charge < -0.3 is 24.7 Å². The summed E-state index contributed by atoms with van der Waals surface area (Å²) in [5, 5.41) is 6.19. The van der Waals surface area contributed by atoms with Crippen LogP contribution in [-0.2, 0) is 29.2 Å². The highest BCUT2D eigenvalue weighted by Gasteiger charge is 2.30. The second-order valence-electron chi connectivity index (χ2n) is 9.05. The number of pyridine rings is 1. The number of carbonyl (C=O) groups excluding carboxylic acids is 1. The number of fused-ring (bicyclic) bond motifs is 1. The van der Waals surface area contributed by atoms with Crippen molar-refractivity contribution in [1.82, 2.24) is 19.9 Å². The lowest BCUT2D eigenvalue weighted by Gasteiger charge is -2.22. The number of alkyl halides is 3. The summed E-state index contributed by atoms with van der Waals surface area (Å²) in [6, 6.07) is 13.6. The molecule has 3 heterocycles. The maximum Gasteiger partial charge on any atom is 0.416 e. The van der Waals surface area contributed by atoms with Crippen LogP contribution in [0.2, 0.25) is 0 Å². The van der Waals surface area contributed by atoms with Crippen LogP contribution in [0.1, 0.15) is 24.1 Å². The van der Waals surface area contributed by atoms with E-state index in [4.69, 9.17) is 9.47 Å². The highest BCUT2D eigenvalue weighted by Crippen LogP contribution is 2.32. The summed E-state index contributed by atoms with van der Waals surface area (Å²) >= 11 is 0. The van der Waals surface area contributed by atoms with Gasteiger partial charge in [-0.3, -0.25) is 9.78 Å². The fourth-order valence-corrected chi connectivity index (χ4v) is 4.30. The molecule has 11 heteroatoms. The molecule has 198 valence electrons. The maximum atomic E-state index is 13.1. The largest absolute Gasteiger partial charge is 0.462 e. The van der Waals surface area contributed by atoms with Crippen molar-refractivity contribution in [3.05, 3.63) is 72.1 Å². The summed E-state index contributed by atoms with van der Waals surface area (Å²) in [4.78, 5) is 21.1. The molecule has 0 unspecified atom stereocenters. The summed E-state index contributed by atoms with van der Waals surface area (Å²) in [5.41, 5.74) is 1.43. The molecule has 2 N–H and O–H groups in total. The molecule has 8 nitrogen and oxygen atoms in total. The quantitative estimate of drug-likeness (QED) is 0.314. The Morgan fingerprint density at radius 1 is 1.11 bits per heavy atom. The Morgan fingerprint density at radius 3 is 2.68 bits per heavy atom. The Kier molecular flexibility index (Phi) is 7.19. The third-order valence-electron chi connectivity index (χ3n) is 6.23. The van der Waals surface area contributed by atoms with E-state index in [9.17, 15) is 18.0 Å². The first-order valence-corrected chi connectivity index (χ1v) is 12.2. The number of ether oxygens (including phenoxy) is 2. The highest BCUT2D eigenvalue weighted by molar-refractivity contribution is 5.81. The Bertz CT molecular complexity index is 1450. The van der Waals surface area contributed by atoms with Crippen molar-refractivity contribution in [2.45, 2.75) is 31.5 Å². The van der Waals surface area contributed by atoms with E-state index in [2.05, 4.69) is 20.6 Å². The topological polar surface area (TPSA) is 90.3 Å². The molecule has 1 fully saturated rings. The van der Waals surface area contributed by atoms with Crippen molar-refractivity contribution in [3.8, 4) is 11.5 Å². The van der Waals surface area contributed by atoms with Crippen LogP contribution in [0.3, 0.4) is 0 Å². The molecular weight excluding hydrogens is 499 g/mol. The monoisotopic (exact) mass is 525 g/mol. The van der Waals surface area contributed by atoms with Crippen LogP contribution in [0.4, 0.5) is 24.8 Å². The molecule has 2 aromatic carbocycles. The van der Waals surface area contributed by atoms with E-state index in [1.54, 1.807) is 48.1 Å². The summed E-state index contributed by atoms with van der Waals surface area (Å²) in [5.74, 6) is 1.07. The Balaban J connectivity index is 1.28. The number of halogens is 3. The number of anilines is 2. The van der Waals surface area contributed by atoms with Crippen molar-refractivity contribution in [3.63, 3.8) is 0 Å². The Morgan fingerprint density at radius 2 is 1.89 bits per heavy atom. The summed E-state index contributed by atoms with van der Waals surface area (Å²) in [7, 11) is 1.77. The van der Waals surface area contributed by atoms with E-state index < -0.39 is 11.7 Å². The first-order valence-electron chi connectivity index (χ1n) is 12.2. The average Bonchev–Trinajstić information content (AvgIpc) is 3.18. The SMILES string of the molecule is Cn1c(Nc2cccc(C(F)(F)F)c2)nc2cc(Oc3ccnc(CC(=O)OC4CCNCC4)c3)ccc21. The van der Waals surface area contributed by atoms with E-state index >= 15 is 0 Å². The third kappa shape index (κ3) is 6.05. The second-order valence-corrected chi connectivity index (χ2v) is 9.05. The van der Waals surface area contributed by atoms with Crippen LogP contribution in [0.15, 0.2) is 60.8 Å². The fraction of sp³-hybridized carbons (Fsp3) is 0.296. The van der Waals surface area contributed by atoms with E-state index in [1.807, 2.05) is 6.07 Å². The summed E-state index contributed by atoms with van der Waals surface area (Å²) in [6.45, 7) is 1.67. The van der Waals surface area contributed by atoms with Gasteiger partial charge in [0.25, 0.3) is 0 Å². The molecule has 0 bridgehead atoms. The highest BCUT2D eigenvalue weighted by atomic mass is 19.4. The molecule has 0 saturated carbocycles. The van der Waals surface area contributed by atoms with Gasteiger partial charge in [-0.1, -0.05) is 6.07 Å². The van der Waals surface area contributed by atoms with Crippen molar-refractivity contribution < 1.29 is 27.4 Å². The number of aryl methyl sites for hydroxylation is 1. The average molecular weight is 526 g/mol. The Hall–Kier alpha value is -4.12. The molecule has 0 atom stereocenters. The number of rotatable bonds is 7. The molecule has 0 amide bonds. The number of hydrogen-bond acceptors (Lipinski definition) is 7. The van der Waals surface area contributed by atoms with Gasteiger partial charge in [-0.25, -0.2) is 4.98 Å². The van der Waals surface area contributed by atoms with Gasteiger partial charge in [0.2, 0.25) is 5.95 Å². The van der Waals surface area contributed by atoms with Gasteiger partial charge in [0.05, 0.1) is 28.7 Å². The number of carbonyl (C=O) groups is 1. The zero-order valence-electron chi connectivity index (χ0n) is 20.6. The summed E-state index contributed by atoms with van der Waals surface area (Å²) < 4.78 is 52.5. The molecule has 1 saturated heterocycles. The maximum absolute atomic E-state index is 13.1. The number of aromatic nitrogens is 3. The zero-order valence-corrected chi connectivity index (χ0v) is 20.6. The molecular formula is C27H26F3N5O3. The van der Waals surface area contributed by atoms with Gasteiger partial charge in [0, 0.05) is 31.1 Å². The zero-order chi connectivity index (χ0) is 26.7. The first-order chi connectivity index (χ1) is 18.2. The number of esters is 1. The van der Waals surface area contributed by atoms with Crippen LogP contribution in [0.25, 0.3) is 11.0 Å². The smallest absolute Gasteiger partial charge is 0.416 e. The van der Waals surface area contributed by atoms with E-state index in [-0.39, 0.29) is 24.2 Å². The lowest BCUT2D eigenvalue weighted by molar-refractivity contribution is -0.149. The molecule has 1 aliphatic heterocycles. The molecule has 38 heavy (non-hydrogen) atoms. The predicted octanol–water partition coefficient (Wildman–Crippen LogP) is 5.36. The van der Waals surface area contributed by atoms with Gasteiger partial charge in [-0.05, 0) is 62.3 Å². The van der Waals surface area contributed by atoms with E-state index in [1.165, 1.54) is 6.07 Å². The second kappa shape index (κ2) is 10.7. The van der Waals surface area contributed by atoms with Crippen molar-refractivity contribution in [2.24, 2.45) is 7.05 Å². The number of nitrogens with zero attached hydrogens (tertiary/aromatic N) is 3. The number of nitrogens with one attached hydrogen (secondary N) is 2. The van der Waals surface area contributed by atoms with Crippen LogP contribution in [0, 0.1) is 0 Å². The lowest BCUT2D eigenvalue weighted by Crippen LogP contribution is -2.34. The molecule has 0 spiro atoms. The van der Waals surface area contributed by atoms with E-state index in [0.29, 0.717) is 28.7 Å². The predicted molar refractivity (Wildman–Crippen MR) is 135 cm³/mol. The van der Waals surface area contributed by atoms with Crippen LogP contribution in [-0.4, -0.2) is 39.7 Å². The van der Waals surface area contributed by atoms with Gasteiger partial charge in [-0.2, -0.15) is 13.2 Å². The normalized spacial score (nSPS) is 14.4. The minimum atomic E-state index is -4.43. The van der Waals surface area contributed by atoms with Crippen molar-refractivity contribution >= 4 is 28.6 Å². The molecule has 4 aromatic rings. The van der Waals surface area contributed by atoms with Crippen LogP contribution in [0.5, 0.6) is 11.5 Å². The van der Waals surface area contributed by atoms with Gasteiger partial charge >= 0.3 is 12.1 Å². The summed E-state index contributed by atoms with van der Waals surface area (Å²) in [6.07, 6.45) is -1.29. The minimum absolute atomic E-state index is 0.0466. The van der Waals surface area contributed by atoms with Crippen molar-refractivity contribution in [2.75, 3.05) is 18.4 Å².